The Morgan fingerprint density at radius 1 is 1.20 bits per heavy atom. The lowest BCUT2D eigenvalue weighted by Crippen LogP contribution is -2.32. The molecular weight excluding hydrogens is 336 g/mol. The Hall–Kier alpha value is -1.95. The van der Waals surface area contributed by atoms with Gasteiger partial charge in [-0.05, 0) is 36.8 Å². The monoisotopic (exact) mass is 358 g/mol. The lowest BCUT2D eigenvalue weighted by Gasteiger charge is -2.21. The van der Waals surface area contributed by atoms with Crippen LogP contribution >= 0.6 is 11.6 Å². The van der Waals surface area contributed by atoms with Gasteiger partial charge in [0.25, 0.3) is 0 Å². The third kappa shape index (κ3) is 4.78. The molecule has 1 amide bonds. The molecule has 1 aliphatic rings. The fraction of sp³-hybridized carbons (Fsp3) is 0.368. The third-order valence-electron chi connectivity index (χ3n) is 4.62. The molecule has 3 atom stereocenters. The number of hydrogen-bond acceptors (Lipinski definition) is 4. The topological polar surface area (TPSA) is 66.0 Å². The molecule has 0 aliphatic carbocycles. The number of aromatic nitrogens is 1. The number of nitrogens with one attached hydrogen (secondary N) is 3. The number of carbonyl (C=O) groups excluding carboxylic acids is 1. The number of hydrogen-bond donors (Lipinski definition) is 3. The van der Waals surface area contributed by atoms with Gasteiger partial charge in [0.2, 0.25) is 5.91 Å². The summed E-state index contributed by atoms with van der Waals surface area (Å²) in [4.78, 5) is 16.6. The largest absolute Gasteiger partial charge is 0.356 e. The molecule has 1 fully saturated rings. The Bertz CT molecular complexity index is 692. The van der Waals surface area contributed by atoms with Crippen LogP contribution in [0.5, 0.6) is 0 Å². The van der Waals surface area contributed by atoms with Gasteiger partial charge in [-0.3, -0.25) is 15.2 Å². The lowest BCUT2D eigenvalue weighted by molar-refractivity contribution is -0.122. The highest BCUT2D eigenvalue weighted by Crippen LogP contribution is 2.31. The van der Waals surface area contributed by atoms with Crippen molar-refractivity contribution < 1.29 is 4.79 Å². The van der Waals surface area contributed by atoms with E-state index in [1.54, 1.807) is 6.20 Å². The van der Waals surface area contributed by atoms with Gasteiger partial charge in [-0.1, -0.05) is 29.8 Å². The van der Waals surface area contributed by atoms with Gasteiger partial charge in [0.05, 0.1) is 6.04 Å². The van der Waals surface area contributed by atoms with Crippen LogP contribution in [0.15, 0.2) is 48.7 Å². The van der Waals surface area contributed by atoms with Crippen molar-refractivity contribution in [2.75, 3.05) is 6.54 Å². The van der Waals surface area contributed by atoms with E-state index in [0.717, 1.165) is 17.7 Å². The standard InChI is InChI=1S/C19H23ClN4O/c1-13-17(19(24-23-13)14-5-7-15(20)8-6-14)12-18(25)22-11-9-16-4-2-3-10-21-16/h2-8,10,13,17,19,23-24H,9,11-12H2,1H3,(H,22,25). The van der Waals surface area contributed by atoms with Gasteiger partial charge in [-0.2, -0.15) is 0 Å². The number of pyridine rings is 1. The maximum atomic E-state index is 12.4. The van der Waals surface area contributed by atoms with Crippen LogP contribution in [0, 0.1) is 5.92 Å². The Morgan fingerprint density at radius 3 is 2.72 bits per heavy atom. The summed E-state index contributed by atoms with van der Waals surface area (Å²) in [7, 11) is 0. The minimum atomic E-state index is 0.0669. The molecule has 1 aliphatic heterocycles. The molecule has 25 heavy (non-hydrogen) atoms. The molecule has 2 aromatic rings. The van der Waals surface area contributed by atoms with E-state index in [4.69, 9.17) is 11.6 Å². The summed E-state index contributed by atoms with van der Waals surface area (Å²) < 4.78 is 0. The number of amides is 1. The van der Waals surface area contributed by atoms with Crippen LogP contribution in [0.4, 0.5) is 0 Å². The second kappa shape index (κ2) is 8.43. The van der Waals surface area contributed by atoms with E-state index in [-0.39, 0.29) is 23.9 Å². The second-order valence-corrected chi connectivity index (χ2v) is 6.83. The SMILES string of the molecule is CC1NNC(c2ccc(Cl)cc2)C1CC(=O)NCCc1ccccn1. The van der Waals surface area contributed by atoms with Crippen LogP contribution in [0.25, 0.3) is 0 Å². The average Bonchev–Trinajstić information content (AvgIpc) is 2.97. The van der Waals surface area contributed by atoms with Crippen molar-refractivity contribution >= 4 is 17.5 Å². The van der Waals surface area contributed by atoms with Crippen molar-refractivity contribution in [3.63, 3.8) is 0 Å². The van der Waals surface area contributed by atoms with Gasteiger partial charge in [-0.25, -0.2) is 5.43 Å². The molecular formula is C19H23ClN4O. The normalized spacial score (nSPS) is 22.7. The minimum absolute atomic E-state index is 0.0669. The lowest BCUT2D eigenvalue weighted by atomic mass is 9.87. The predicted octanol–water partition coefficient (Wildman–Crippen LogP) is 2.64. The first-order valence-electron chi connectivity index (χ1n) is 8.56. The molecule has 0 radical (unpaired) electrons. The summed E-state index contributed by atoms with van der Waals surface area (Å²) in [5, 5.41) is 3.72. The third-order valence-corrected chi connectivity index (χ3v) is 4.87. The molecule has 0 bridgehead atoms. The van der Waals surface area contributed by atoms with Gasteiger partial charge in [0.15, 0.2) is 0 Å². The first-order chi connectivity index (χ1) is 12.1. The van der Waals surface area contributed by atoms with Crippen molar-refractivity contribution in [3.05, 3.63) is 64.9 Å². The number of nitrogens with zero attached hydrogens (tertiary/aromatic N) is 1. The maximum Gasteiger partial charge on any atom is 0.220 e. The highest BCUT2D eigenvalue weighted by atomic mass is 35.5. The van der Waals surface area contributed by atoms with E-state index in [9.17, 15) is 4.79 Å². The molecule has 1 aromatic heterocycles. The van der Waals surface area contributed by atoms with Gasteiger partial charge in [0.1, 0.15) is 0 Å². The van der Waals surface area contributed by atoms with E-state index >= 15 is 0 Å². The van der Waals surface area contributed by atoms with E-state index < -0.39 is 0 Å². The predicted molar refractivity (Wildman–Crippen MR) is 99.0 cm³/mol. The van der Waals surface area contributed by atoms with Crippen molar-refractivity contribution in [1.29, 1.82) is 0 Å². The molecule has 3 N–H and O–H groups in total. The first kappa shape index (κ1) is 17.9. The second-order valence-electron chi connectivity index (χ2n) is 6.40. The number of halogens is 1. The van der Waals surface area contributed by atoms with E-state index in [2.05, 4.69) is 28.1 Å². The molecule has 1 saturated heterocycles. The van der Waals surface area contributed by atoms with E-state index in [0.29, 0.717) is 18.0 Å². The molecule has 2 heterocycles. The zero-order chi connectivity index (χ0) is 17.6. The summed E-state index contributed by atoms with van der Waals surface area (Å²) in [6, 6.07) is 13.9. The van der Waals surface area contributed by atoms with Crippen LogP contribution in [-0.2, 0) is 11.2 Å². The maximum absolute atomic E-state index is 12.4. The van der Waals surface area contributed by atoms with Crippen molar-refractivity contribution in [3.8, 4) is 0 Å². The molecule has 0 spiro atoms. The molecule has 5 nitrogen and oxygen atoms in total. The zero-order valence-corrected chi connectivity index (χ0v) is 15.0. The average molecular weight is 359 g/mol. The van der Waals surface area contributed by atoms with Crippen LogP contribution in [0.3, 0.4) is 0 Å². The van der Waals surface area contributed by atoms with Gasteiger partial charge >= 0.3 is 0 Å². The quantitative estimate of drug-likeness (QED) is 0.742. The van der Waals surface area contributed by atoms with Crippen molar-refractivity contribution in [2.45, 2.75) is 31.8 Å². The number of rotatable bonds is 6. The fourth-order valence-electron chi connectivity index (χ4n) is 3.18. The van der Waals surface area contributed by atoms with E-state index in [1.165, 1.54) is 0 Å². The van der Waals surface area contributed by atoms with Crippen LogP contribution < -0.4 is 16.2 Å². The van der Waals surface area contributed by atoms with Gasteiger partial charge in [0, 0.05) is 48.3 Å². The number of hydrazine groups is 1. The Morgan fingerprint density at radius 2 is 2.00 bits per heavy atom. The highest BCUT2D eigenvalue weighted by Gasteiger charge is 2.35. The van der Waals surface area contributed by atoms with Crippen molar-refractivity contribution in [1.82, 2.24) is 21.2 Å². The molecule has 6 heteroatoms. The molecule has 3 rings (SSSR count). The summed E-state index contributed by atoms with van der Waals surface area (Å²) in [6.45, 7) is 2.69. The zero-order valence-electron chi connectivity index (χ0n) is 14.2. The van der Waals surface area contributed by atoms with E-state index in [1.807, 2.05) is 42.5 Å². The molecule has 3 unspecified atom stereocenters. The summed E-state index contributed by atoms with van der Waals surface area (Å²) in [5.74, 6) is 0.244. The Kier molecular flexibility index (Phi) is 6.02. The number of benzene rings is 1. The summed E-state index contributed by atoms with van der Waals surface area (Å²) >= 11 is 5.97. The number of carbonyl (C=O) groups is 1. The van der Waals surface area contributed by atoms with Crippen LogP contribution in [0.1, 0.15) is 30.6 Å². The first-order valence-corrected chi connectivity index (χ1v) is 8.94. The Balaban J connectivity index is 1.54. The molecule has 132 valence electrons. The van der Waals surface area contributed by atoms with Gasteiger partial charge < -0.3 is 5.32 Å². The molecule has 0 saturated carbocycles. The summed E-state index contributed by atoms with van der Waals surface area (Å²) in [5.41, 5.74) is 8.66. The molecule has 1 aromatic carbocycles. The van der Waals surface area contributed by atoms with Gasteiger partial charge in [-0.15, -0.1) is 0 Å². The summed E-state index contributed by atoms with van der Waals surface area (Å²) in [6.07, 6.45) is 2.98. The minimum Gasteiger partial charge on any atom is -0.356 e. The smallest absolute Gasteiger partial charge is 0.220 e. The highest BCUT2D eigenvalue weighted by molar-refractivity contribution is 6.30. The Labute approximate surface area is 153 Å². The fourth-order valence-corrected chi connectivity index (χ4v) is 3.31. The van der Waals surface area contributed by atoms with Crippen molar-refractivity contribution in [2.24, 2.45) is 5.92 Å². The van der Waals surface area contributed by atoms with Crippen LogP contribution in [-0.4, -0.2) is 23.5 Å². The van der Waals surface area contributed by atoms with Crippen LogP contribution in [0.2, 0.25) is 5.02 Å².